The van der Waals surface area contributed by atoms with E-state index in [0.717, 1.165) is 16.6 Å². The summed E-state index contributed by atoms with van der Waals surface area (Å²) < 4.78 is 7.07. The summed E-state index contributed by atoms with van der Waals surface area (Å²) in [5.74, 6) is 0.670. The van der Waals surface area contributed by atoms with Gasteiger partial charge in [0.05, 0.1) is 24.2 Å². The number of nitrogens with zero attached hydrogens (tertiary/aromatic N) is 3. The SMILES string of the molecule is COc1cc(Cn2nnc3ccccc32)ccc1Cl. The highest BCUT2D eigenvalue weighted by Gasteiger charge is 2.06. The first kappa shape index (κ1) is 12.0. The molecule has 96 valence electrons. The van der Waals surface area contributed by atoms with Crippen LogP contribution in [0.3, 0.4) is 0 Å². The van der Waals surface area contributed by atoms with Gasteiger partial charge in [-0.3, -0.25) is 0 Å². The lowest BCUT2D eigenvalue weighted by molar-refractivity contribution is 0.414. The van der Waals surface area contributed by atoms with E-state index >= 15 is 0 Å². The molecule has 0 unspecified atom stereocenters. The first-order valence-electron chi connectivity index (χ1n) is 5.88. The van der Waals surface area contributed by atoms with E-state index in [9.17, 15) is 0 Å². The van der Waals surface area contributed by atoms with E-state index in [1.165, 1.54) is 0 Å². The summed E-state index contributed by atoms with van der Waals surface area (Å²) in [5.41, 5.74) is 2.97. The van der Waals surface area contributed by atoms with Crippen LogP contribution in [-0.2, 0) is 6.54 Å². The highest BCUT2D eigenvalue weighted by Crippen LogP contribution is 2.25. The highest BCUT2D eigenvalue weighted by molar-refractivity contribution is 6.32. The standard InChI is InChI=1S/C14H12ClN3O/c1-19-14-8-10(6-7-11(14)15)9-18-13-5-3-2-4-12(13)16-17-18/h2-8H,9H2,1H3. The molecule has 1 aromatic heterocycles. The summed E-state index contributed by atoms with van der Waals surface area (Å²) in [5, 5.41) is 8.90. The zero-order valence-corrected chi connectivity index (χ0v) is 11.1. The molecule has 0 fully saturated rings. The van der Waals surface area contributed by atoms with Gasteiger partial charge in [0.15, 0.2) is 0 Å². The quantitative estimate of drug-likeness (QED) is 0.736. The lowest BCUT2D eigenvalue weighted by Gasteiger charge is -2.07. The second-order valence-corrected chi connectivity index (χ2v) is 4.61. The number of hydrogen-bond acceptors (Lipinski definition) is 3. The molecule has 5 heteroatoms. The molecule has 0 amide bonds. The average molecular weight is 274 g/mol. The average Bonchev–Trinajstić information content (AvgIpc) is 2.84. The molecule has 0 radical (unpaired) electrons. The van der Waals surface area contributed by atoms with Gasteiger partial charge in [0, 0.05) is 0 Å². The summed E-state index contributed by atoms with van der Waals surface area (Å²) in [6.07, 6.45) is 0. The van der Waals surface area contributed by atoms with Gasteiger partial charge in [0.2, 0.25) is 0 Å². The molecule has 0 aliphatic rings. The topological polar surface area (TPSA) is 39.9 Å². The van der Waals surface area contributed by atoms with Crippen LogP contribution in [0.15, 0.2) is 42.5 Å². The number of aromatic nitrogens is 3. The molecular formula is C14H12ClN3O. The molecule has 0 spiro atoms. The summed E-state index contributed by atoms with van der Waals surface area (Å²) in [6, 6.07) is 13.6. The van der Waals surface area contributed by atoms with E-state index in [0.29, 0.717) is 17.3 Å². The number of methoxy groups -OCH3 is 1. The van der Waals surface area contributed by atoms with Crippen molar-refractivity contribution in [2.24, 2.45) is 0 Å². The number of benzene rings is 2. The fourth-order valence-corrected chi connectivity index (χ4v) is 2.20. The number of halogens is 1. The molecule has 3 rings (SSSR count). The maximum atomic E-state index is 6.01. The predicted molar refractivity (Wildman–Crippen MR) is 74.6 cm³/mol. The third-order valence-electron chi connectivity index (χ3n) is 2.97. The summed E-state index contributed by atoms with van der Waals surface area (Å²) in [6.45, 7) is 0.633. The van der Waals surface area contributed by atoms with Gasteiger partial charge in [0.25, 0.3) is 0 Å². The van der Waals surface area contributed by atoms with Crippen molar-refractivity contribution < 1.29 is 4.74 Å². The van der Waals surface area contributed by atoms with E-state index in [1.54, 1.807) is 7.11 Å². The summed E-state index contributed by atoms with van der Waals surface area (Å²) in [7, 11) is 1.61. The van der Waals surface area contributed by atoms with Gasteiger partial charge in [-0.2, -0.15) is 0 Å². The Balaban J connectivity index is 1.97. The van der Waals surface area contributed by atoms with E-state index < -0.39 is 0 Å². The van der Waals surface area contributed by atoms with Gasteiger partial charge in [-0.15, -0.1) is 5.10 Å². The van der Waals surface area contributed by atoms with Crippen molar-refractivity contribution in [3.05, 3.63) is 53.1 Å². The molecule has 0 N–H and O–H groups in total. The Labute approximate surface area is 115 Å². The molecule has 0 aliphatic carbocycles. The third-order valence-corrected chi connectivity index (χ3v) is 3.28. The molecule has 3 aromatic rings. The van der Waals surface area contributed by atoms with Crippen LogP contribution in [0.5, 0.6) is 5.75 Å². The van der Waals surface area contributed by atoms with Crippen molar-refractivity contribution in [3.63, 3.8) is 0 Å². The second kappa shape index (κ2) is 4.90. The number of rotatable bonds is 3. The van der Waals surface area contributed by atoms with Crippen molar-refractivity contribution in [1.29, 1.82) is 0 Å². The third kappa shape index (κ3) is 2.27. The Morgan fingerprint density at radius 3 is 2.89 bits per heavy atom. The lowest BCUT2D eigenvalue weighted by atomic mass is 10.2. The minimum Gasteiger partial charge on any atom is -0.495 e. The fourth-order valence-electron chi connectivity index (χ4n) is 2.01. The van der Waals surface area contributed by atoms with E-state index in [2.05, 4.69) is 10.3 Å². The highest BCUT2D eigenvalue weighted by atomic mass is 35.5. The maximum absolute atomic E-state index is 6.01. The number of ether oxygens (including phenoxy) is 1. The van der Waals surface area contributed by atoms with Crippen LogP contribution in [0, 0.1) is 0 Å². The normalized spacial score (nSPS) is 10.8. The van der Waals surface area contributed by atoms with Crippen LogP contribution in [0.2, 0.25) is 5.02 Å². The van der Waals surface area contributed by atoms with Crippen LogP contribution in [0.4, 0.5) is 0 Å². The first-order chi connectivity index (χ1) is 9.28. The van der Waals surface area contributed by atoms with Gasteiger partial charge in [0.1, 0.15) is 11.3 Å². The Hall–Kier alpha value is -2.07. The molecule has 0 saturated heterocycles. The van der Waals surface area contributed by atoms with Crippen molar-refractivity contribution >= 4 is 22.6 Å². The van der Waals surface area contributed by atoms with Crippen molar-refractivity contribution in [1.82, 2.24) is 15.0 Å². The van der Waals surface area contributed by atoms with Crippen molar-refractivity contribution in [2.45, 2.75) is 6.54 Å². The summed E-state index contributed by atoms with van der Waals surface area (Å²) in [4.78, 5) is 0. The van der Waals surface area contributed by atoms with Gasteiger partial charge in [-0.25, -0.2) is 4.68 Å². The molecule has 19 heavy (non-hydrogen) atoms. The minimum absolute atomic E-state index is 0.606. The Morgan fingerprint density at radius 2 is 2.05 bits per heavy atom. The van der Waals surface area contributed by atoms with E-state index in [4.69, 9.17) is 16.3 Å². The lowest BCUT2D eigenvalue weighted by Crippen LogP contribution is -2.02. The molecule has 0 bridgehead atoms. The molecule has 4 nitrogen and oxygen atoms in total. The van der Waals surface area contributed by atoms with Gasteiger partial charge in [-0.1, -0.05) is 35.0 Å². The molecule has 2 aromatic carbocycles. The number of hydrogen-bond donors (Lipinski definition) is 0. The van der Waals surface area contributed by atoms with E-state index in [1.807, 2.05) is 47.1 Å². The van der Waals surface area contributed by atoms with Crippen molar-refractivity contribution in [3.8, 4) is 5.75 Å². The predicted octanol–water partition coefficient (Wildman–Crippen LogP) is 3.14. The smallest absolute Gasteiger partial charge is 0.137 e. The second-order valence-electron chi connectivity index (χ2n) is 4.20. The van der Waals surface area contributed by atoms with Crippen molar-refractivity contribution in [2.75, 3.05) is 7.11 Å². The zero-order chi connectivity index (χ0) is 13.2. The van der Waals surface area contributed by atoms with Crippen LogP contribution >= 0.6 is 11.6 Å². The van der Waals surface area contributed by atoms with Crippen LogP contribution < -0.4 is 4.74 Å². The molecule has 0 atom stereocenters. The Kier molecular flexibility index (Phi) is 3.09. The van der Waals surface area contributed by atoms with Gasteiger partial charge in [-0.05, 0) is 29.8 Å². The van der Waals surface area contributed by atoms with Gasteiger partial charge < -0.3 is 4.74 Å². The van der Waals surface area contributed by atoms with Crippen LogP contribution in [0.25, 0.3) is 11.0 Å². The zero-order valence-electron chi connectivity index (χ0n) is 10.4. The number of fused-ring (bicyclic) bond motifs is 1. The molecule has 1 heterocycles. The molecule has 0 aliphatic heterocycles. The van der Waals surface area contributed by atoms with Crippen LogP contribution in [0.1, 0.15) is 5.56 Å². The Morgan fingerprint density at radius 1 is 1.21 bits per heavy atom. The fraction of sp³-hybridized carbons (Fsp3) is 0.143. The minimum atomic E-state index is 0.606. The maximum Gasteiger partial charge on any atom is 0.137 e. The van der Waals surface area contributed by atoms with E-state index in [-0.39, 0.29) is 0 Å². The van der Waals surface area contributed by atoms with Gasteiger partial charge >= 0.3 is 0 Å². The van der Waals surface area contributed by atoms with Crippen LogP contribution in [-0.4, -0.2) is 22.1 Å². The molecule has 0 saturated carbocycles. The first-order valence-corrected chi connectivity index (χ1v) is 6.26. The summed E-state index contributed by atoms with van der Waals surface area (Å²) >= 11 is 6.01. The monoisotopic (exact) mass is 273 g/mol. The number of para-hydroxylation sites is 1. The Bertz CT molecular complexity index is 724. The largest absolute Gasteiger partial charge is 0.495 e. The molecular weight excluding hydrogens is 262 g/mol.